The molecule has 0 saturated carbocycles. The molecule has 6 nitrogen and oxygen atoms in total. The molecule has 0 radical (unpaired) electrons. The normalized spacial score (nSPS) is 10.9. The molecule has 0 aliphatic rings. The van der Waals surface area contributed by atoms with Gasteiger partial charge in [-0.3, -0.25) is 4.79 Å². The fourth-order valence-electron chi connectivity index (χ4n) is 2.58. The van der Waals surface area contributed by atoms with Crippen LogP contribution in [0.3, 0.4) is 0 Å². The fraction of sp³-hybridized carbons (Fsp3) is 0.0526. The van der Waals surface area contributed by atoms with Gasteiger partial charge in [-0.05, 0) is 24.6 Å². The molecule has 4 rings (SSSR count). The van der Waals surface area contributed by atoms with Crippen molar-refractivity contribution in [3.8, 4) is 28.7 Å². The molecule has 0 aliphatic carbocycles. The molecular weight excluding hydrogens is 354 g/mol. The van der Waals surface area contributed by atoms with Gasteiger partial charge in [0.05, 0.1) is 5.69 Å². The standard InChI is InChI=1S/C19H12F2N4O2/c1-11-4-2-3-5-13(11)18-22-19(27-24-18)17-16(26)8-9-25(23-17)12-6-7-14(20)15(21)10-12/h2-10H,1H3. The summed E-state index contributed by atoms with van der Waals surface area (Å²) in [5.74, 6) is -1.73. The molecule has 2 aromatic carbocycles. The molecule has 0 saturated heterocycles. The van der Waals surface area contributed by atoms with Crippen LogP contribution in [0.25, 0.3) is 28.7 Å². The van der Waals surface area contributed by atoms with Gasteiger partial charge in [-0.15, -0.1) is 0 Å². The summed E-state index contributed by atoms with van der Waals surface area (Å²) < 4.78 is 33.0. The highest BCUT2D eigenvalue weighted by atomic mass is 19.2. The summed E-state index contributed by atoms with van der Waals surface area (Å²) in [4.78, 5) is 16.5. The van der Waals surface area contributed by atoms with E-state index in [1.54, 1.807) is 0 Å². The van der Waals surface area contributed by atoms with Crippen molar-refractivity contribution in [1.29, 1.82) is 0 Å². The summed E-state index contributed by atoms with van der Waals surface area (Å²) in [6.07, 6.45) is 1.34. The number of nitrogens with zero attached hydrogens (tertiary/aromatic N) is 4. The lowest BCUT2D eigenvalue weighted by molar-refractivity contribution is 0.429. The lowest BCUT2D eigenvalue weighted by Crippen LogP contribution is -2.13. The first kappa shape index (κ1) is 16.8. The van der Waals surface area contributed by atoms with E-state index in [-0.39, 0.29) is 17.3 Å². The third-order valence-electron chi connectivity index (χ3n) is 3.99. The number of hydrogen-bond acceptors (Lipinski definition) is 5. The lowest BCUT2D eigenvalue weighted by atomic mass is 10.1. The van der Waals surface area contributed by atoms with Crippen LogP contribution in [0.15, 0.2) is 64.0 Å². The van der Waals surface area contributed by atoms with E-state index in [4.69, 9.17) is 4.52 Å². The number of hydrogen-bond donors (Lipinski definition) is 0. The average molecular weight is 366 g/mol. The van der Waals surface area contributed by atoms with Crippen LogP contribution >= 0.6 is 0 Å². The van der Waals surface area contributed by atoms with E-state index in [9.17, 15) is 13.6 Å². The minimum absolute atomic E-state index is 0.0600. The molecule has 8 heteroatoms. The quantitative estimate of drug-likeness (QED) is 0.554. The molecule has 0 aliphatic heterocycles. The van der Waals surface area contributed by atoms with Gasteiger partial charge in [0.15, 0.2) is 17.3 Å². The maximum absolute atomic E-state index is 13.5. The van der Waals surface area contributed by atoms with Crippen LogP contribution in [0.1, 0.15) is 5.56 Å². The van der Waals surface area contributed by atoms with E-state index in [2.05, 4.69) is 15.2 Å². The Bertz CT molecular complexity index is 1200. The van der Waals surface area contributed by atoms with Crippen LogP contribution in [-0.2, 0) is 0 Å². The topological polar surface area (TPSA) is 73.8 Å². The van der Waals surface area contributed by atoms with Crippen LogP contribution in [-0.4, -0.2) is 19.9 Å². The van der Waals surface area contributed by atoms with Crippen molar-refractivity contribution in [1.82, 2.24) is 19.9 Å². The Kier molecular flexibility index (Phi) is 4.08. The summed E-state index contributed by atoms with van der Waals surface area (Å²) in [5, 5.41) is 8.04. The second-order valence-electron chi connectivity index (χ2n) is 5.81. The molecule has 27 heavy (non-hydrogen) atoms. The number of rotatable bonds is 3. The van der Waals surface area contributed by atoms with Gasteiger partial charge < -0.3 is 4.52 Å². The summed E-state index contributed by atoms with van der Waals surface area (Å²) in [6.45, 7) is 1.90. The Labute approximate surface area is 151 Å². The minimum Gasteiger partial charge on any atom is -0.332 e. The molecule has 0 amide bonds. The first-order valence-corrected chi connectivity index (χ1v) is 7.98. The van der Waals surface area contributed by atoms with Crippen LogP contribution < -0.4 is 5.43 Å². The second-order valence-corrected chi connectivity index (χ2v) is 5.81. The first-order valence-electron chi connectivity index (χ1n) is 7.98. The Hall–Kier alpha value is -3.68. The molecule has 0 spiro atoms. The van der Waals surface area contributed by atoms with Crippen molar-refractivity contribution in [3.63, 3.8) is 0 Å². The predicted octanol–water partition coefficient (Wildman–Crippen LogP) is 3.54. The Balaban J connectivity index is 1.78. The van der Waals surface area contributed by atoms with Gasteiger partial charge in [-0.1, -0.05) is 29.4 Å². The predicted molar refractivity (Wildman–Crippen MR) is 93.2 cm³/mol. The van der Waals surface area contributed by atoms with Crippen LogP contribution in [0.2, 0.25) is 0 Å². The molecule has 4 aromatic rings. The van der Waals surface area contributed by atoms with E-state index in [1.165, 1.54) is 23.0 Å². The SMILES string of the molecule is Cc1ccccc1-c1noc(-c2nn(-c3ccc(F)c(F)c3)ccc2=O)n1. The first-order chi connectivity index (χ1) is 13.0. The van der Waals surface area contributed by atoms with E-state index >= 15 is 0 Å². The molecule has 0 bridgehead atoms. The number of benzene rings is 2. The van der Waals surface area contributed by atoms with Gasteiger partial charge >= 0.3 is 0 Å². The molecule has 0 unspecified atom stereocenters. The van der Waals surface area contributed by atoms with Crippen molar-refractivity contribution in [2.75, 3.05) is 0 Å². The molecular formula is C19H12F2N4O2. The highest BCUT2D eigenvalue weighted by molar-refractivity contribution is 5.61. The van der Waals surface area contributed by atoms with Gasteiger partial charge in [-0.25, -0.2) is 13.5 Å². The van der Waals surface area contributed by atoms with Gasteiger partial charge in [0.25, 0.3) is 5.89 Å². The van der Waals surface area contributed by atoms with Crippen molar-refractivity contribution in [2.24, 2.45) is 0 Å². The lowest BCUT2D eigenvalue weighted by Gasteiger charge is -2.06. The third-order valence-corrected chi connectivity index (χ3v) is 3.99. The van der Waals surface area contributed by atoms with Gasteiger partial charge in [0.1, 0.15) is 0 Å². The highest BCUT2D eigenvalue weighted by Crippen LogP contribution is 2.22. The zero-order chi connectivity index (χ0) is 19.0. The van der Waals surface area contributed by atoms with Crippen LogP contribution in [0.5, 0.6) is 0 Å². The smallest absolute Gasteiger partial charge is 0.282 e. The summed E-state index contributed by atoms with van der Waals surface area (Å²) >= 11 is 0. The number of halogens is 2. The monoisotopic (exact) mass is 366 g/mol. The van der Waals surface area contributed by atoms with Gasteiger partial charge in [0, 0.05) is 23.9 Å². The van der Waals surface area contributed by atoms with Crippen molar-refractivity contribution >= 4 is 0 Å². The fourth-order valence-corrected chi connectivity index (χ4v) is 2.58. The molecule has 0 atom stereocenters. The van der Waals surface area contributed by atoms with E-state index < -0.39 is 17.1 Å². The van der Waals surface area contributed by atoms with Crippen molar-refractivity contribution in [3.05, 3.63) is 82.1 Å². The zero-order valence-corrected chi connectivity index (χ0v) is 14.1. The Morgan fingerprint density at radius 3 is 2.63 bits per heavy atom. The number of aryl methyl sites for hydroxylation is 1. The van der Waals surface area contributed by atoms with Crippen LogP contribution in [0.4, 0.5) is 8.78 Å². The van der Waals surface area contributed by atoms with E-state index in [0.29, 0.717) is 5.82 Å². The molecule has 134 valence electrons. The van der Waals surface area contributed by atoms with Crippen LogP contribution in [0, 0.1) is 18.6 Å². The Morgan fingerprint density at radius 2 is 1.85 bits per heavy atom. The summed E-state index contributed by atoms with van der Waals surface area (Å²) in [6, 6.07) is 12.0. The molecule has 2 aromatic heterocycles. The molecule has 0 fully saturated rings. The van der Waals surface area contributed by atoms with Gasteiger partial charge in [0.2, 0.25) is 11.3 Å². The summed E-state index contributed by atoms with van der Waals surface area (Å²) in [7, 11) is 0. The number of aromatic nitrogens is 4. The van der Waals surface area contributed by atoms with E-state index in [0.717, 1.165) is 23.3 Å². The minimum atomic E-state index is -1.02. The summed E-state index contributed by atoms with van der Waals surface area (Å²) in [5.41, 5.74) is 1.44. The Morgan fingerprint density at radius 1 is 1.04 bits per heavy atom. The molecule has 0 N–H and O–H groups in total. The van der Waals surface area contributed by atoms with E-state index in [1.807, 2.05) is 31.2 Å². The highest BCUT2D eigenvalue weighted by Gasteiger charge is 2.17. The maximum atomic E-state index is 13.5. The largest absolute Gasteiger partial charge is 0.332 e. The average Bonchev–Trinajstić information content (AvgIpc) is 3.14. The van der Waals surface area contributed by atoms with Crippen molar-refractivity contribution < 1.29 is 13.3 Å². The maximum Gasteiger partial charge on any atom is 0.282 e. The molecule has 2 heterocycles. The van der Waals surface area contributed by atoms with Gasteiger partial charge in [-0.2, -0.15) is 10.1 Å². The second kappa shape index (κ2) is 6.56. The van der Waals surface area contributed by atoms with Crippen molar-refractivity contribution in [2.45, 2.75) is 6.92 Å². The third kappa shape index (κ3) is 3.12. The zero-order valence-electron chi connectivity index (χ0n) is 14.1.